The van der Waals surface area contributed by atoms with Crippen molar-refractivity contribution >= 4 is 5.90 Å². The van der Waals surface area contributed by atoms with E-state index >= 15 is 0 Å². The van der Waals surface area contributed by atoms with E-state index < -0.39 is 5.54 Å². The minimum Gasteiger partial charge on any atom is -0.477 e. The molecule has 1 heterocycles. The molecule has 0 aromatic heterocycles. The average molecular weight is 186 g/mol. The maximum absolute atomic E-state index is 9.15. The van der Waals surface area contributed by atoms with Gasteiger partial charge in [-0.25, -0.2) is 4.99 Å². The minimum atomic E-state index is -0.828. The van der Waals surface area contributed by atoms with E-state index in [1.165, 1.54) is 0 Å². The maximum Gasteiger partial charge on any atom is 0.208 e. The zero-order valence-corrected chi connectivity index (χ0v) is 7.90. The van der Waals surface area contributed by atoms with E-state index in [9.17, 15) is 0 Å². The summed E-state index contributed by atoms with van der Waals surface area (Å²) < 4.78 is 5.24. The van der Waals surface area contributed by atoms with Gasteiger partial charge in [-0.15, -0.1) is 0 Å². The number of aliphatic imine (C=N–C) groups is 1. The van der Waals surface area contributed by atoms with Crippen molar-refractivity contribution in [3.63, 3.8) is 0 Å². The largest absolute Gasteiger partial charge is 0.477 e. The van der Waals surface area contributed by atoms with Crippen LogP contribution in [-0.2, 0) is 10.3 Å². The second-order valence-corrected chi connectivity index (χ2v) is 3.26. The van der Waals surface area contributed by atoms with E-state index in [4.69, 9.17) is 10.00 Å². The van der Waals surface area contributed by atoms with Crippen molar-refractivity contribution in [3.8, 4) is 6.07 Å². The number of hydrogen-bond acceptors (Lipinski definition) is 3. The topological polar surface area (TPSA) is 45.4 Å². The molecule has 0 bridgehead atoms. The smallest absolute Gasteiger partial charge is 0.208 e. The summed E-state index contributed by atoms with van der Waals surface area (Å²) in [7, 11) is 0. The Kier molecular flexibility index (Phi) is 1.97. The second-order valence-electron chi connectivity index (χ2n) is 3.26. The Balaban J connectivity index is 2.47. The van der Waals surface area contributed by atoms with Gasteiger partial charge < -0.3 is 4.74 Å². The van der Waals surface area contributed by atoms with E-state index in [-0.39, 0.29) is 0 Å². The molecule has 70 valence electrons. The highest BCUT2D eigenvalue weighted by molar-refractivity contribution is 5.76. The van der Waals surface area contributed by atoms with Crippen molar-refractivity contribution in [1.29, 1.82) is 5.26 Å². The fraction of sp³-hybridized carbons (Fsp3) is 0.273. The number of nitriles is 1. The molecule has 1 aliphatic heterocycles. The molecule has 1 unspecified atom stereocenters. The summed E-state index contributed by atoms with van der Waals surface area (Å²) >= 11 is 0. The van der Waals surface area contributed by atoms with Gasteiger partial charge in [-0.05, 0) is 5.56 Å². The van der Waals surface area contributed by atoms with Gasteiger partial charge in [-0.3, -0.25) is 0 Å². The summed E-state index contributed by atoms with van der Waals surface area (Å²) in [4.78, 5) is 4.24. The zero-order valence-electron chi connectivity index (χ0n) is 7.90. The van der Waals surface area contributed by atoms with Crippen LogP contribution in [0, 0.1) is 11.3 Å². The van der Waals surface area contributed by atoms with Crippen LogP contribution >= 0.6 is 0 Å². The first kappa shape index (κ1) is 8.76. The SMILES string of the molecule is CC1=NC(C#N)(c2ccccc2)CO1. The van der Waals surface area contributed by atoms with Crippen molar-refractivity contribution in [2.24, 2.45) is 4.99 Å². The quantitative estimate of drug-likeness (QED) is 0.671. The van der Waals surface area contributed by atoms with Gasteiger partial charge in [-0.1, -0.05) is 30.3 Å². The van der Waals surface area contributed by atoms with Crippen LogP contribution in [0.1, 0.15) is 12.5 Å². The summed E-state index contributed by atoms with van der Waals surface area (Å²) in [6.45, 7) is 2.08. The van der Waals surface area contributed by atoms with Gasteiger partial charge in [0.2, 0.25) is 5.54 Å². The predicted octanol–water partition coefficient (Wildman–Crippen LogP) is 1.85. The number of rotatable bonds is 1. The molecule has 1 aromatic rings. The Labute approximate surface area is 82.7 Å². The van der Waals surface area contributed by atoms with Crippen molar-refractivity contribution in [3.05, 3.63) is 35.9 Å². The van der Waals surface area contributed by atoms with E-state index in [1.807, 2.05) is 30.3 Å². The normalized spacial score (nSPS) is 25.0. The van der Waals surface area contributed by atoms with E-state index in [0.717, 1.165) is 5.56 Å². The van der Waals surface area contributed by atoms with Gasteiger partial charge in [0.1, 0.15) is 12.7 Å². The van der Waals surface area contributed by atoms with Crippen molar-refractivity contribution < 1.29 is 4.74 Å². The standard InChI is InChI=1S/C11H10N2O/c1-9-13-11(7-12,8-14-9)10-5-3-2-4-6-10/h2-6H,8H2,1H3. The molecule has 1 aliphatic rings. The summed E-state index contributed by atoms with van der Waals surface area (Å²) in [6.07, 6.45) is 0. The van der Waals surface area contributed by atoms with Gasteiger partial charge in [0, 0.05) is 6.92 Å². The molecule has 0 fully saturated rings. The van der Waals surface area contributed by atoms with E-state index in [2.05, 4.69) is 11.1 Å². The third-order valence-corrected chi connectivity index (χ3v) is 2.27. The maximum atomic E-state index is 9.15. The molecule has 14 heavy (non-hydrogen) atoms. The molecule has 0 N–H and O–H groups in total. The van der Waals surface area contributed by atoms with Crippen LogP contribution in [0.15, 0.2) is 35.3 Å². The fourth-order valence-corrected chi connectivity index (χ4v) is 1.53. The Morgan fingerprint density at radius 3 is 2.64 bits per heavy atom. The van der Waals surface area contributed by atoms with Crippen LogP contribution < -0.4 is 0 Å². The first-order valence-corrected chi connectivity index (χ1v) is 4.43. The van der Waals surface area contributed by atoms with Crippen molar-refractivity contribution in [2.75, 3.05) is 6.61 Å². The van der Waals surface area contributed by atoms with Gasteiger partial charge in [0.15, 0.2) is 5.90 Å². The molecule has 0 amide bonds. The fourth-order valence-electron chi connectivity index (χ4n) is 1.53. The molecular weight excluding hydrogens is 176 g/mol. The van der Waals surface area contributed by atoms with Gasteiger partial charge >= 0.3 is 0 Å². The molecule has 3 heteroatoms. The lowest BCUT2D eigenvalue weighted by atomic mass is 9.94. The molecule has 1 atom stereocenters. The van der Waals surface area contributed by atoms with Crippen LogP contribution in [0.4, 0.5) is 0 Å². The lowest BCUT2D eigenvalue weighted by Crippen LogP contribution is -2.22. The van der Waals surface area contributed by atoms with Gasteiger partial charge in [0.25, 0.3) is 0 Å². The minimum absolute atomic E-state index is 0.319. The molecule has 0 spiro atoms. The average Bonchev–Trinajstić information content (AvgIpc) is 2.63. The zero-order chi connectivity index (χ0) is 10.0. The number of ether oxygens (including phenoxy) is 1. The van der Waals surface area contributed by atoms with E-state index in [0.29, 0.717) is 12.5 Å². The number of benzene rings is 1. The molecule has 0 aliphatic carbocycles. The number of hydrogen-bond donors (Lipinski definition) is 0. The Morgan fingerprint density at radius 2 is 2.14 bits per heavy atom. The molecule has 0 saturated carbocycles. The summed E-state index contributed by atoms with van der Waals surface area (Å²) in [5.41, 5.74) is 0.0603. The summed E-state index contributed by atoms with van der Waals surface area (Å²) in [5, 5.41) is 9.15. The molecule has 2 rings (SSSR count). The third kappa shape index (κ3) is 1.25. The highest BCUT2D eigenvalue weighted by Crippen LogP contribution is 2.29. The second kappa shape index (κ2) is 3.15. The number of nitrogens with zero attached hydrogens (tertiary/aromatic N) is 2. The van der Waals surface area contributed by atoms with Crippen LogP contribution in [0.3, 0.4) is 0 Å². The highest BCUT2D eigenvalue weighted by atomic mass is 16.5. The molecule has 0 radical (unpaired) electrons. The first-order chi connectivity index (χ1) is 6.77. The highest BCUT2D eigenvalue weighted by Gasteiger charge is 2.37. The van der Waals surface area contributed by atoms with E-state index in [1.54, 1.807) is 6.92 Å². The van der Waals surface area contributed by atoms with Crippen LogP contribution in [0.2, 0.25) is 0 Å². The lowest BCUT2D eigenvalue weighted by Gasteiger charge is -2.14. The summed E-state index contributed by atoms with van der Waals surface area (Å²) in [6, 6.07) is 11.7. The van der Waals surface area contributed by atoms with Gasteiger partial charge in [0.05, 0.1) is 0 Å². The third-order valence-electron chi connectivity index (χ3n) is 2.27. The molecule has 3 nitrogen and oxygen atoms in total. The monoisotopic (exact) mass is 186 g/mol. The molecule has 0 saturated heterocycles. The van der Waals surface area contributed by atoms with Crippen LogP contribution in [0.25, 0.3) is 0 Å². The Morgan fingerprint density at radius 1 is 1.43 bits per heavy atom. The first-order valence-electron chi connectivity index (χ1n) is 4.43. The summed E-state index contributed by atoms with van der Waals surface area (Å²) in [5.74, 6) is 0.579. The molecular formula is C11H10N2O. The predicted molar refractivity (Wildman–Crippen MR) is 52.8 cm³/mol. The Hall–Kier alpha value is -1.82. The van der Waals surface area contributed by atoms with Crippen LogP contribution in [0.5, 0.6) is 0 Å². The Bertz CT molecular complexity index is 405. The molecule has 1 aromatic carbocycles. The van der Waals surface area contributed by atoms with Crippen molar-refractivity contribution in [2.45, 2.75) is 12.5 Å². The van der Waals surface area contributed by atoms with Gasteiger partial charge in [-0.2, -0.15) is 5.26 Å². The lowest BCUT2D eigenvalue weighted by molar-refractivity contribution is 0.288. The van der Waals surface area contributed by atoms with Crippen LogP contribution in [-0.4, -0.2) is 12.5 Å². The van der Waals surface area contributed by atoms with Crippen molar-refractivity contribution in [1.82, 2.24) is 0 Å².